The van der Waals surface area contributed by atoms with Crippen molar-refractivity contribution >= 4 is 11.8 Å². The summed E-state index contributed by atoms with van der Waals surface area (Å²) in [4.78, 5) is 11.2. The molecule has 9 heteroatoms. The van der Waals surface area contributed by atoms with Crippen LogP contribution in [0.2, 0.25) is 0 Å². The average molecular weight is 341 g/mol. The lowest BCUT2D eigenvalue weighted by Gasteiger charge is -2.33. The van der Waals surface area contributed by atoms with Gasteiger partial charge in [0.1, 0.15) is 17.1 Å². The van der Waals surface area contributed by atoms with Gasteiger partial charge in [-0.1, -0.05) is 12.1 Å². The van der Waals surface area contributed by atoms with Gasteiger partial charge in [-0.2, -0.15) is 18.3 Å². The number of nitrogens with one attached hydrogen (secondary N) is 1. The largest absolute Gasteiger partial charge is 0.497 e. The lowest BCUT2D eigenvalue weighted by atomic mass is 9.96. The molecule has 6 nitrogen and oxygen atoms in total. The van der Waals surface area contributed by atoms with Crippen LogP contribution in [-0.4, -0.2) is 34.1 Å². The second kappa shape index (κ2) is 5.73. The van der Waals surface area contributed by atoms with Gasteiger partial charge in [0.2, 0.25) is 0 Å². The third-order valence-corrected chi connectivity index (χ3v) is 3.97. The van der Waals surface area contributed by atoms with E-state index in [4.69, 9.17) is 9.84 Å². The third-order valence-electron chi connectivity index (χ3n) is 3.97. The molecule has 2 atom stereocenters. The highest BCUT2D eigenvalue weighted by Crippen LogP contribution is 2.44. The van der Waals surface area contributed by atoms with Gasteiger partial charge in [-0.3, -0.25) is 0 Å². The SMILES string of the molecule is COc1cccc([C@H]2C[C@@H](C(F)(F)F)n3ncc(C(=O)O)c3N2)c1. The maximum Gasteiger partial charge on any atom is 0.410 e. The molecule has 128 valence electrons. The van der Waals surface area contributed by atoms with Gasteiger partial charge in [0.25, 0.3) is 0 Å². The van der Waals surface area contributed by atoms with Gasteiger partial charge in [0, 0.05) is 6.42 Å². The molecule has 0 saturated carbocycles. The molecule has 3 rings (SSSR count). The lowest BCUT2D eigenvalue weighted by Crippen LogP contribution is -2.36. The van der Waals surface area contributed by atoms with Crippen molar-refractivity contribution in [2.24, 2.45) is 0 Å². The number of alkyl halides is 3. The van der Waals surface area contributed by atoms with Crippen LogP contribution in [0.5, 0.6) is 5.75 Å². The maximum absolute atomic E-state index is 13.4. The van der Waals surface area contributed by atoms with Crippen LogP contribution < -0.4 is 10.1 Å². The Morgan fingerprint density at radius 2 is 2.21 bits per heavy atom. The number of benzene rings is 1. The Labute approximate surface area is 134 Å². The number of aromatic nitrogens is 2. The Hall–Kier alpha value is -2.71. The molecule has 0 amide bonds. The molecule has 0 saturated heterocycles. The first-order chi connectivity index (χ1) is 11.3. The molecule has 1 aliphatic heterocycles. The molecule has 1 aliphatic rings. The number of fused-ring (bicyclic) bond motifs is 1. The van der Waals surface area contributed by atoms with Crippen LogP contribution in [0.1, 0.15) is 34.4 Å². The molecule has 24 heavy (non-hydrogen) atoms. The van der Waals surface area contributed by atoms with Gasteiger partial charge in [0.05, 0.1) is 19.3 Å². The highest BCUT2D eigenvalue weighted by molar-refractivity contribution is 5.93. The van der Waals surface area contributed by atoms with Crippen LogP contribution in [0.25, 0.3) is 0 Å². The zero-order valence-electron chi connectivity index (χ0n) is 12.5. The minimum absolute atomic E-state index is 0.149. The molecule has 2 N–H and O–H groups in total. The molecule has 1 aromatic heterocycles. The van der Waals surface area contributed by atoms with Crippen molar-refractivity contribution in [3.8, 4) is 5.75 Å². The van der Waals surface area contributed by atoms with E-state index in [0.717, 1.165) is 6.20 Å². The van der Waals surface area contributed by atoms with Crippen LogP contribution >= 0.6 is 0 Å². The number of carbonyl (C=O) groups is 1. The highest BCUT2D eigenvalue weighted by Gasteiger charge is 2.47. The van der Waals surface area contributed by atoms with E-state index in [9.17, 15) is 18.0 Å². The molecule has 0 radical (unpaired) electrons. The van der Waals surface area contributed by atoms with E-state index in [1.807, 2.05) is 0 Å². The van der Waals surface area contributed by atoms with E-state index in [1.165, 1.54) is 7.11 Å². The van der Waals surface area contributed by atoms with E-state index >= 15 is 0 Å². The van der Waals surface area contributed by atoms with Crippen molar-refractivity contribution in [3.05, 3.63) is 41.6 Å². The Morgan fingerprint density at radius 1 is 1.46 bits per heavy atom. The van der Waals surface area contributed by atoms with Crippen LogP contribution in [0.3, 0.4) is 0 Å². The minimum Gasteiger partial charge on any atom is -0.497 e. The van der Waals surface area contributed by atoms with Gasteiger partial charge in [-0.15, -0.1) is 0 Å². The number of aromatic carboxylic acids is 1. The summed E-state index contributed by atoms with van der Waals surface area (Å²) in [5.74, 6) is -0.977. The summed E-state index contributed by atoms with van der Waals surface area (Å²) in [5, 5.41) is 15.6. The smallest absolute Gasteiger partial charge is 0.410 e. The summed E-state index contributed by atoms with van der Waals surface area (Å²) >= 11 is 0. The normalized spacial score (nSPS) is 20.2. The monoisotopic (exact) mass is 341 g/mol. The van der Waals surface area contributed by atoms with Crippen LogP contribution in [0, 0.1) is 0 Å². The van der Waals surface area contributed by atoms with Gasteiger partial charge < -0.3 is 15.2 Å². The minimum atomic E-state index is -4.55. The number of ether oxygens (including phenoxy) is 1. The summed E-state index contributed by atoms with van der Waals surface area (Å²) in [7, 11) is 1.46. The second-order valence-electron chi connectivity index (χ2n) is 5.42. The molecule has 0 fully saturated rings. The van der Waals surface area contributed by atoms with Gasteiger partial charge >= 0.3 is 12.1 Å². The van der Waals surface area contributed by atoms with E-state index in [2.05, 4.69) is 10.4 Å². The molecule has 0 unspecified atom stereocenters. The Bertz CT molecular complexity index is 773. The number of hydrogen-bond donors (Lipinski definition) is 2. The summed E-state index contributed by atoms with van der Waals surface area (Å²) in [6, 6.07) is 4.02. The number of carboxylic acid groups (broad SMARTS) is 1. The lowest BCUT2D eigenvalue weighted by molar-refractivity contribution is -0.173. The first-order valence-electron chi connectivity index (χ1n) is 7.09. The van der Waals surface area contributed by atoms with E-state index in [-0.39, 0.29) is 17.8 Å². The zero-order chi connectivity index (χ0) is 17.5. The fourth-order valence-corrected chi connectivity index (χ4v) is 2.80. The van der Waals surface area contributed by atoms with Crippen molar-refractivity contribution in [1.29, 1.82) is 0 Å². The van der Waals surface area contributed by atoms with Gasteiger partial charge in [-0.25, -0.2) is 9.48 Å². The number of carboxylic acids is 1. The number of hydrogen-bond acceptors (Lipinski definition) is 4. The Balaban J connectivity index is 2.05. The average Bonchev–Trinajstić information content (AvgIpc) is 2.97. The second-order valence-corrected chi connectivity index (χ2v) is 5.42. The van der Waals surface area contributed by atoms with Crippen molar-refractivity contribution in [2.75, 3.05) is 12.4 Å². The number of nitrogens with zero attached hydrogens (tertiary/aromatic N) is 2. The topological polar surface area (TPSA) is 76.4 Å². The predicted molar refractivity (Wildman–Crippen MR) is 78.3 cm³/mol. The molecule has 2 aromatic rings. The molecular formula is C15H14F3N3O3. The molecular weight excluding hydrogens is 327 g/mol. The van der Waals surface area contributed by atoms with Crippen LogP contribution in [-0.2, 0) is 0 Å². The fraction of sp³-hybridized carbons (Fsp3) is 0.333. The highest BCUT2D eigenvalue weighted by atomic mass is 19.4. The number of rotatable bonds is 3. The Kier molecular flexibility index (Phi) is 3.86. The van der Waals surface area contributed by atoms with Crippen LogP contribution in [0.4, 0.5) is 19.0 Å². The van der Waals surface area contributed by atoms with E-state index in [0.29, 0.717) is 16.0 Å². The molecule has 0 aliphatic carbocycles. The quantitative estimate of drug-likeness (QED) is 0.896. The third kappa shape index (κ3) is 2.77. The maximum atomic E-state index is 13.4. The van der Waals surface area contributed by atoms with E-state index < -0.39 is 24.2 Å². The van der Waals surface area contributed by atoms with E-state index in [1.54, 1.807) is 24.3 Å². The van der Waals surface area contributed by atoms with Crippen molar-refractivity contribution in [1.82, 2.24) is 9.78 Å². The standard InChI is InChI=1S/C15H14F3N3O3/c1-24-9-4-2-3-8(5-9)11-6-12(15(16,17)18)21-13(20-11)10(7-19-21)14(22)23/h2-5,7,11-12,20H,6H2,1H3,(H,22,23)/t11-,12+/m1/s1. The van der Waals surface area contributed by atoms with Gasteiger partial charge in [-0.05, 0) is 17.7 Å². The molecule has 1 aromatic carbocycles. The summed E-state index contributed by atoms with van der Waals surface area (Å²) in [6.07, 6.45) is -3.92. The van der Waals surface area contributed by atoms with Crippen molar-refractivity contribution in [2.45, 2.75) is 24.7 Å². The first kappa shape index (κ1) is 16.2. The molecule has 2 heterocycles. The zero-order valence-corrected chi connectivity index (χ0v) is 12.5. The van der Waals surface area contributed by atoms with Gasteiger partial charge in [0.15, 0.2) is 6.04 Å². The number of anilines is 1. The summed E-state index contributed by atoms with van der Waals surface area (Å²) < 4.78 is 46.0. The molecule has 0 spiro atoms. The van der Waals surface area contributed by atoms with Crippen LogP contribution in [0.15, 0.2) is 30.5 Å². The summed E-state index contributed by atoms with van der Waals surface area (Å²) in [5.41, 5.74) is 0.282. The number of halogens is 3. The summed E-state index contributed by atoms with van der Waals surface area (Å²) in [6.45, 7) is 0. The van der Waals surface area contributed by atoms with Crippen molar-refractivity contribution in [3.63, 3.8) is 0 Å². The van der Waals surface area contributed by atoms with Crippen molar-refractivity contribution < 1.29 is 27.8 Å². The number of methoxy groups -OCH3 is 1. The predicted octanol–water partition coefficient (Wildman–Crippen LogP) is 3.25. The molecule has 0 bridgehead atoms. The Morgan fingerprint density at radius 3 is 2.83 bits per heavy atom. The first-order valence-corrected chi connectivity index (χ1v) is 7.09. The fourth-order valence-electron chi connectivity index (χ4n) is 2.80.